The molecule has 0 aliphatic carbocycles. The summed E-state index contributed by atoms with van der Waals surface area (Å²) >= 11 is 1.63. The number of aromatic nitrogens is 1. The van der Waals surface area contributed by atoms with E-state index in [2.05, 4.69) is 6.92 Å². The largest absolute Gasteiger partial charge is 0.482 e. The minimum absolute atomic E-state index is 0.105. The zero-order valence-electron chi connectivity index (χ0n) is 18.2. The van der Waals surface area contributed by atoms with Gasteiger partial charge in [0.1, 0.15) is 18.4 Å². The van der Waals surface area contributed by atoms with Crippen molar-refractivity contribution in [1.82, 2.24) is 4.98 Å². The number of aryl methyl sites for hydroxylation is 1. The number of carbonyl (C=O) groups is 2. The first-order chi connectivity index (χ1) is 15.6. The number of hydrogen-bond acceptors (Lipinski definition) is 6. The van der Waals surface area contributed by atoms with Gasteiger partial charge in [-0.15, -0.1) is 11.3 Å². The van der Waals surface area contributed by atoms with Crippen molar-refractivity contribution >= 4 is 28.9 Å². The Balaban J connectivity index is 1.60. The molecule has 1 aliphatic heterocycles. The molecule has 1 unspecified atom stereocenters. The molecule has 1 aliphatic rings. The molecule has 0 bridgehead atoms. The van der Waals surface area contributed by atoms with Crippen LogP contribution in [0, 0.1) is 0 Å². The van der Waals surface area contributed by atoms with Crippen LogP contribution in [0.5, 0.6) is 5.75 Å². The first-order valence-electron chi connectivity index (χ1n) is 10.8. The average Bonchev–Trinajstić information content (AvgIpc) is 3.29. The quantitative estimate of drug-likeness (QED) is 0.451. The summed E-state index contributed by atoms with van der Waals surface area (Å²) in [5.41, 5.74) is 3.22. The van der Waals surface area contributed by atoms with Crippen LogP contribution in [0.4, 0.5) is 5.69 Å². The summed E-state index contributed by atoms with van der Waals surface area (Å²) < 4.78 is 11.2. The lowest BCUT2D eigenvalue weighted by molar-refractivity contribution is -0.148. The molecular weight excluding hydrogens is 424 g/mol. The van der Waals surface area contributed by atoms with Crippen LogP contribution in [0.2, 0.25) is 0 Å². The molecule has 32 heavy (non-hydrogen) atoms. The lowest BCUT2D eigenvalue weighted by Crippen LogP contribution is -2.49. The minimum atomic E-state index is -0.727. The first-order valence-corrected chi connectivity index (χ1v) is 11.7. The maximum atomic E-state index is 13.0. The Morgan fingerprint density at radius 1 is 1.22 bits per heavy atom. The highest BCUT2D eigenvalue weighted by Crippen LogP contribution is 2.38. The third-order valence-electron chi connectivity index (χ3n) is 5.34. The predicted octanol–water partition coefficient (Wildman–Crippen LogP) is 5.01. The molecule has 7 heteroatoms. The van der Waals surface area contributed by atoms with Crippen LogP contribution in [-0.2, 0) is 27.4 Å². The van der Waals surface area contributed by atoms with Gasteiger partial charge in [0.05, 0.1) is 16.4 Å². The molecule has 0 saturated carbocycles. The number of nitrogens with zero attached hydrogens (tertiary/aromatic N) is 2. The molecule has 166 valence electrons. The number of rotatable bonds is 8. The summed E-state index contributed by atoms with van der Waals surface area (Å²) in [5.74, 6) is -0.114. The molecule has 0 N–H and O–H groups in total. The van der Waals surface area contributed by atoms with Crippen molar-refractivity contribution in [3.05, 3.63) is 64.5 Å². The van der Waals surface area contributed by atoms with E-state index in [0.717, 1.165) is 34.7 Å². The van der Waals surface area contributed by atoms with Gasteiger partial charge in [0.2, 0.25) is 0 Å². The Bertz CT molecular complexity index is 1100. The van der Waals surface area contributed by atoms with E-state index in [4.69, 9.17) is 14.5 Å². The minimum Gasteiger partial charge on any atom is -0.482 e. The van der Waals surface area contributed by atoms with Crippen LogP contribution < -0.4 is 9.64 Å². The number of thiazole rings is 1. The summed E-state index contributed by atoms with van der Waals surface area (Å²) in [6.45, 7) is 4.06. The number of esters is 1. The van der Waals surface area contributed by atoms with E-state index in [-0.39, 0.29) is 19.1 Å². The number of amides is 1. The molecule has 6 nitrogen and oxygen atoms in total. The van der Waals surface area contributed by atoms with Crippen molar-refractivity contribution in [2.75, 3.05) is 11.5 Å². The van der Waals surface area contributed by atoms with Crippen molar-refractivity contribution in [3.8, 4) is 17.0 Å². The summed E-state index contributed by atoms with van der Waals surface area (Å²) in [7, 11) is 0. The fourth-order valence-corrected chi connectivity index (χ4v) is 4.63. The van der Waals surface area contributed by atoms with E-state index in [1.807, 2.05) is 60.8 Å². The average molecular weight is 451 g/mol. The van der Waals surface area contributed by atoms with Gasteiger partial charge in [0, 0.05) is 10.9 Å². The standard InChI is InChI=1S/C25H26N2O4S/c1-3-8-23-26-19(16-32-23)18-11-12-22-21(13-18)27(24(28)15-30-22)20(4-2)25(29)31-14-17-9-6-5-7-10-17/h5-7,9-13,16,20H,3-4,8,14-15H2,1-2H3. The second-order valence-corrected chi connectivity index (χ2v) is 8.57. The molecule has 0 fully saturated rings. The van der Waals surface area contributed by atoms with Crippen molar-refractivity contribution in [1.29, 1.82) is 0 Å². The van der Waals surface area contributed by atoms with Gasteiger partial charge in [-0.2, -0.15) is 0 Å². The maximum Gasteiger partial charge on any atom is 0.329 e. The van der Waals surface area contributed by atoms with Crippen molar-refractivity contribution in [2.45, 2.75) is 45.8 Å². The molecule has 2 aromatic carbocycles. The molecule has 1 atom stereocenters. The van der Waals surface area contributed by atoms with Crippen LogP contribution in [0.15, 0.2) is 53.9 Å². The highest BCUT2D eigenvalue weighted by molar-refractivity contribution is 7.09. The van der Waals surface area contributed by atoms with Gasteiger partial charge in [-0.25, -0.2) is 9.78 Å². The highest BCUT2D eigenvalue weighted by Gasteiger charge is 2.36. The molecule has 3 aromatic rings. The summed E-state index contributed by atoms with van der Waals surface area (Å²) in [6, 6.07) is 14.4. The lowest BCUT2D eigenvalue weighted by atomic mass is 10.1. The van der Waals surface area contributed by atoms with Gasteiger partial charge >= 0.3 is 5.97 Å². The van der Waals surface area contributed by atoms with Crippen molar-refractivity contribution < 1.29 is 19.1 Å². The highest BCUT2D eigenvalue weighted by atomic mass is 32.1. The SMILES string of the molecule is CCCc1nc(-c2ccc3c(c2)N(C(CC)C(=O)OCc2ccccc2)C(=O)CO3)cs1. The topological polar surface area (TPSA) is 68.7 Å². The normalized spacial score (nSPS) is 13.9. The first kappa shape index (κ1) is 22.0. The number of ether oxygens (including phenoxy) is 2. The molecule has 0 saturated heterocycles. The Morgan fingerprint density at radius 2 is 2.03 bits per heavy atom. The van der Waals surface area contributed by atoms with Crippen LogP contribution >= 0.6 is 11.3 Å². The fourth-order valence-electron chi connectivity index (χ4n) is 3.72. The van der Waals surface area contributed by atoms with Crippen molar-refractivity contribution in [2.24, 2.45) is 0 Å². The van der Waals surface area contributed by atoms with Crippen molar-refractivity contribution in [3.63, 3.8) is 0 Å². The van der Waals surface area contributed by atoms with Crippen LogP contribution in [0.1, 0.15) is 37.3 Å². The number of fused-ring (bicyclic) bond motifs is 1. The van der Waals surface area contributed by atoms with Gasteiger partial charge < -0.3 is 9.47 Å². The summed E-state index contributed by atoms with van der Waals surface area (Å²) in [4.78, 5) is 32.0. The Morgan fingerprint density at radius 3 is 2.78 bits per heavy atom. The Kier molecular flexibility index (Phi) is 6.85. The third kappa shape index (κ3) is 4.67. The molecule has 4 rings (SSSR count). The van der Waals surface area contributed by atoms with E-state index in [0.29, 0.717) is 17.9 Å². The zero-order chi connectivity index (χ0) is 22.5. The summed E-state index contributed by atoms with van der Waals surface area (Å²) in [6.07, 6.45) is 2.41. The van der Waals surface area contributed by atoms with Gasteiger partial charge in [-0.3, -0.25) is 9.69 Å². The smallest absolute Gasteiger partial charge is 0.329 e. The van der Waals surface area contributed by atoms with Gasteiger partial charge in [-0.1, -0.05) is 44.2 Å². The lowest BCUT2D eigenvalue weighted by Gasteiger charge is -2.34. The zero-order valence-corrected chi connectivity index (χ0v) is 19.1. The number of carbonyl (C=O) groups excluding carboxylic acids is 2. The van der Waals surface area contributed by atoms with E-state index < -0.39 is 12.0 Å². The van der Waals surface area contributed by atoms with Crippen LogP contribution in [-0.4, -0.2) is 29.5 Å². The number of hydrogen-bond donors (Lipinski definition) is 0. The Labute approximate surface area is 191 Å². The van der Waals surface area contributed by atoms with Crippen LogP contribution in [0.25, 0.3) is 11.3 Å². The van der Waals surface area contributed by atoms with E-state index in [1.165, 1.54) is 4.90 Å². The number of anilines is 1. The Hall–Kier alpha value is -3.19. The number of benzene rings is 2. The van der Waals surface area contributed by atoms with E-state index in [9.17, 15) is 9.59 Å². The predicted molar refractivity (Wildman–Crippen MR) is 125 cm³/mol. The molecule has 1 aromatic heterocycles. The summed E-state index contributed by atoms with van der Waals surface area (Å²) in [5, 5.41) is 3.11. The van der Waals surface area contributed by atoms with Gasteiger partial charge in [0.25, 0.3) is 5.91 Å². The van der Waals surface area contributed by atoms with Gasteiger partial charge in [0.15, 0.2) is 6.61 Å². The second kappa shape index (κ2) is 9.96. The second-order valence-electron chi connectivity index (χ2n) is 7.63. The molecular formula is C25H26N2O4S. The molecule has 0 radical (unpaired) electrons. The van der Waals surface area contributed by atoms with Crippen LogP contribution in [0.3, 0.4) is 0 Å². The molecule has 0 spiro atoms. The van der Waals surface area contributed by atoms with E-state index >= 15 is 0 Å². The molecule has 2 heterocycles. The van der Waals surface area contributed by atoms with Gasteiger partial charge in [-0.05, 0) is 43.0 Å². The maximum absolute atomic E-state index is 13.0. The van der Waals surface area contributed by atoms with E-state index in [1.54, 1.807) is 11.3 Å². The monoisotopic (exact) mass is 450 g/mol. The third-order valence-corrected chi connectivity index (χ3v) is 6.25. The fraction of sp³-hybridized carbons (Fsp3) is 0.320. The molecule has 1 amide bonds.